The Kier molecular flexibility index (Phi) is 3.31. The van der Waals surface area contributed by atoms with E-state index in [-0.39, 0.29) is 0 Å². The van der Waals surface area contributed by atoms with Crippen molar-refractivity contribution in [2.75, 3.05) is 11.1 Å². The van der Waals surface area contributed by atoms with Gasteiger partial charge in [0.1, 0.15) is 0 Å². The molecule has 0 atom stereocenters. The molecule has 0 aliphatic carbocycles. The predicted octanol–water partition coefficient (Wildman–Crippen LogP) is 3.47. The van der Waals surface area contributed by atoms with Gasteiger partial charge in [0, 0.05) is 17.2 Å². The van der Waals surface area contributed by atoms with Crippen molar-refractivity contribution in [2.24, 2.45) is 7.05 Å². The molecule has 0 saturated heterocycles. The van der Waals surface area contributed by atoms with E-state index in [1.54, 1.807) is 4.68 Å². The molecule has 2 rings (SSSR count). The maximum atomic E-state index is 5.94. The zero-order chi connectivity index (χ0) is 12.6. The fourth-order valence-electron chi connectivity index (χ4n) is 1.53. The Morgan fingerprint density at radius 1 is 1.47 bits per heavy atom. The summed E-state index contributed by atoms with van der Waals surface area (Å²) in [5.74, 6) is 0.775. The van der Waals surface area contributed by atoms with Crippen molar-refractivity contribution in [1.29, 1.82) is 0 Å². The highest BCUT2D eigenvalue weighted by molar-refractivity contribution is 9.10. The van der Waals surface area contributed by atoms with Crippen LogP contribution in [-0.4, -0.2) is 9.78 Å². The smallest absolute Gasteiger partial charge is 0.152 e. The number of nitrogens with two attached hydrogens (primary N) is 1. The van der Waals surface area contributed by atoms with Gasteiger partial charge in [0.05, 0.1) is 16.4 Å². The van der Waals surface area contributed by atoms with Crippen LogP contribution in [0.4, 0.5) is 17.2 Å². The summed E-state index contributed by atoms with van der Waals surface area (Å²) >= 11 is 9.31. The summed E-state index contributed by atoms with van der Waals surface area (Å²) in [6.45, 7) is 1.87. The second-order valence-corrected chi connectivity index (χ2v) is 4.99. The molecular formula is C11H12BrClN4. The fraction of sp³-hybridized carbons (Fsp3) is 0.182. The van der Waals surface area contributed by atoms with E-state index in [0.29, 0.717) is 10.7 Å². The Labute approximate surface area is 113 Å². The third-order valence-electron chi connectivity index (χ3n) is 2.45. The van der Waals surface area contributed by atoms with Gasteiger partial charge in [-0.2, -0.15) is 5.10 Å². The largest absolute Gasteiger partial charge is 0.394 e. The first-order valence-electron chi connectivity index (χ1n) is 5.00. The molecule has 0 fully saturated rings. The van der Waals surface area contributed by atoms with Gasteiger partial charge in [-0.1, -0.05) is 11.6 Å². The molecule has 0 aliphatic rings. The van der Waals surface area contributed by atoms with Crippen LogP contribution in [0.15, 0.2) is 22.7 Å². The second kappa shape index (κ2) is 4.58. The van der Waals surface area contributed by atoms with Gasteiger partial charge in [0.15, 0.2) is 5.82 Å². The highest BCUT2D eigenvalue weighted by Crippen LogP contribution is 2.29. The molecule has 4 nitrogen and oxygen atoms in total. The zero-order valence-electron chi connectivity index (χ0n) is 9.46. The number of halogens is 2. The molecule has 0 saturated carbocycles. The number of aryl methyl sites for hydroxylation is 2. The third kappa shape index (κ3) is 2.40. The molecule has 1 aromatic carbocycles. The normalized spacial score (nSPS) is 10.6. The van der Waals surface area contributed by atoms with E-state index in [0.717, 1.165) is 21.7 Å². The molecule has 0 amide bonds. The molecular weight excluding hydrogens is 304 g/mol. The molecule has 0 bridgehead atoms. The highest BCUT2D eigenvalue weighted by Gasteiger charge is 2.10. The Morgan fingerprint density at radius 3 is 2.71 bits per heavy atom. The van der Waals surface area contributed by atoms with Gasteiger partial charge < -0.3 is 11.1 Å². The van der Waals surface area contributed by atoms with Crippen molar-refractivity contribution in [3.8, 4) is 0 Å². The van der Waals surface area contributed by atoms with E-state index in [2.05, 4.69) is 26.3 Å². The first-order chi connectivity index (χ1) is 7.99. The highest BCUT2D eigenvalue weighted by atomic mass is 79.9. The number of aromatic nitrogens is 2. The second-order valence-electron chi connectivity index (χ2n) is 3.73. The van der Waals surface area contributed by atoms with Crippen molar-refractivity contribution in [2.45, 2.75) is 6.92 Å². The molecule has 0 aliphatic heterocycles. The van der Waals surface area contributed by atoms with E-state index in [9.17, 15) is 0 Å². The lowest BCUT2D eigenvalue weighted by Gasteiger charge is -2.08. The zero-order valence-corrected chi connectivity index (χ0v) is 11.8. The van der Waals surface area contributed by atoms with Crippen LogP contribution in [0.3, 0.4) is 0 Å². The van der Waals surface area contributed by atoms with Crippen LogP contribution >= 0.6 is 27.5 Å². The Balaban J connectivity index is 2.34. The standard InChI is InChI=1S/C11H12BrClN4/c1-6-10(14)11(17(2)16-6)15-7-3-4-9(13)8(12)5-7/h3-5,15H,14H2,1-2H3. The monoisotopic (exact) mass is 314 g/mol. The van der Waals surface area contributed by atoms with Crippen LogP contribution in [0.1, 0.15) is 5.69 Å². The van der Waals surface area contributed by atoms with Crippen molar-refractivity contribution in [3.05, 3.63) is 33.4 Å². The van der Waals surface area contributed by atoms with E-state index in [4.69, 9.17) is 17.3 Å². The maximum absolute atomic E-state index is 5.94. The lowest BCUT2D eigenvalue weighted by molar-refractivity contribution is 0.765. The average Bonchev–Trinajstić information content (AvgIpc) is 2.50. The summed E-state index contributed by atoms with van der Waals surface area (Å²) in [6.07, 6.45) is 0. The van der Waals surface area contributed by atoms with Crippen molar-refractivity contribution >= 4 is 44.7 Å². The molecule has 0 unspecified atom stereocenters. The number of benzene rings is 1. The van der Waals surface area contributed by atoms with Crippen molar-refractivity contribution in [1.82, 2.24) is 9.78 Å². The van der Waals surface area contributed by atoms with Crippen LogP contribution in [0, 0.1) is 6.92 Å². The topological polar surface area (TPSA) is 55.9 Å². The van der Waals surface area contributed by atoms with Crippen molar-refractivity contribution < 1.29 is 0 Å². The summed E-state index contributed by atoms with van der Waals surface area (Å²) in [7, 11) is 1.84. The Morgan fingerprint density at radius 2 is 2.18 bits per heavy atom. The van der Waals surface area contributed by atoms with E-state index in [1.807, 2.05) is 32.2 Å². The Bertz CT molecular complexity index is 565. The number of nitrogens with one attached hydrogen (secondary N) is 1. The number of hydrogen-bond donors (Lipinski definition) is 2. The minimum atomic E-state index is 0.651. The molecule has 0 spiro atoms. The first kappa shape index (κ1) is 12.3. The van der Waals surface area contributed by atoms with E-state index in [1.165, 1.54) is 0 Å². The third-order valence-corrected chi connectivity index (χ3v) is 3.66. The molecule has 0 radical (unpaired) electrons. The summed E-state index contributed by atoms with van der Waals surface area (Å²) in [4.78, 5) is 0. The number of nitrogen functional groups attached to an aromatic ring is 1. The van der Waals surface area contributed by atoms with Crippen LogP contribution in [0.5, 0.6) is 0 Å². The van der Waals surface area contributed by atoms with Crippen molar-refractivity contribution in [3.63, 3.8) is 0 Å². The van der Waals surface area contributed by atoms with E-state index < -0.39 is 0 Å². The molecule has 6 heteroatoms. The summed E-state index contributed by atoms with van der Waals surface area (Å²) < 4.78 is 2.55. The van der Waals surface area contributed by atoms with Crippen LogP contribution in [0.25, 0.3) is 0 Å². The Hall–Kier alpha value is -1.20. The minimum absolute atomic E-state index is 0.651. The number of anilines is 3. The van der Waals surface area contributed by atoms with E-state index >= 15 is 0 Å². The SMILES string of the molecule is Cc1nn(C)c(Nc2ccc(Cl)c(Br)c2)c1N. The van der Waals surface area contributed by atoms with Crippen LogP contribution < -0.4 is 11.1 Å². The lowest BCUT2D eigenvalue weighted by Crippen LogP contribution is -2.01. The van der Waals surface area contributed by atoms with Crippen LogP contribution in [0.2, 0.25) is 5.02 Å². The van der Waals surface area contributed by atoms with Gasteiger partial charge in [0.2, 0.25) is 0 Å². The summed E-state index contributed by atoms with van der Waals surface area (Å²) in [5, 5.41) is 8.13. The molecule has 1 aromatic heterocycles. The van der Waals surface area contributed by atoms with Gasteiger partial charge in [-0.05, 0) is 41.1 Å². The van der Waals surface area contributed by atoms with Gasteiger partial charge in [-0.3, -0.25) is 4.68 Å². The maximum Gasteiger partial charge on any atom is 0.152 e. The van der Waals surface area contributed by atoms with Gasteiger partial charge in [-0.25, -0.2) is 0 Å². The minimum Gasteiger partial charge on any atom is -0.394 e. The fourth-order valence-corrected chi connectivity index (χ4v) is 2.03. The average molecular weight is 316 g/mol. The number of hydrogen-bond acceptors (Lipinski definition) is 3. The van der Waals surface area contributed by atoms with Crippen LogP contribution in [-0.2, 0) is 7.05 Å². The molecule has 2 aromatic rings. The first-order valence-corrected chi connectivity index (χ1v) is 6.17. The molecule has 3 N–H and O–H groups in total. The predicted molar refractivity (Wildman–Crippen MR) is 74.8 cm³/mol. The number of rotatable bonds is 2. The van der Waals surface area contributed by atoms with Gasteiger partial charge in [0.25, 0.3) is 0 Å². The molecule has 90 valence electrons. The summed E-state index contributed by atoms with van der Waals surface area (Å²) in [5.41, 5.74) is 8.29. The van der Waals surface area contributed by atoms with Gasteiger partial charge >= 0.3 is 0 Å². The molecule has 17 heavy (non-hydrogen) atoms. The van der Waals surface area contributed by atoms with Gasteiger partial charge in [-0.15, -0.1) is 0 Å². The summed E-state index contributed by atoms with van der Waals surface area (Å²) in [6, 6.07) is 5.59. The quantitative estimate of drug-likeness (QED) is 0.892. The molecule has 1 heterocycles. The number of nitrogens with zero attached hydrogens (tertiary/aromatic N) is 2. The lowest BCUT2D eigenvalue weighted by atomic mass is 10.3.